The van der Waals surface area contributed by atoms with Crippen LogP contribution in [-0.4, -0.2) is 24.4 Å². The highest BCUT2D eigenvalue weighted by Crippen LogP contribution is 2.17. The Morgan fingerprint density at radius 1 is 0.903 bits per heavy atom. The largest absolute Gasteiger partial charge is 0.493 e. The lowest BCUT2D eigenvalue weighted by Crippen LogP contribution is -2.05. The molecular weight excluding hydrogens is 394 g/mol. The van der Waals surface area contributed by atoms with Gasteiger partial charge in [-0.2, -0.15) is 5.10 Å². The summed E-state index contributed by atoms with van der Waals surface area (Å²) in [6, 6.07) is 19.7. The molecule has 0 aliphatic rings. The third-order valence-corrected chi connectivity index (χ3v) is 4.67. The fourth-order valence-corrected chi connectivity index (χ4v) is 2.73. The van der Waals surface area contributed by atoms with Crippen molar-refractivity contribution in [3.05, 3.63) is 93.5 Å². The van der Waals surface area contributed by atoms with Crippen molar-refractivity contribution < 1.29 is 14.4 Å². The maximum Gasteiger partial charge on any atom is 0.269 e. The van der Waals surface area contributed by atoms with Gasteiger partial charge in [0.2, 0.25) is 0 Å². The molecule has 0 radical (unpaired) electrons. The average molecular weight is 419 g/mol. The Labute approximate surface area is 181 Å². The molecule has 160 valence electrons. The van der Waals surface area contributed by atoms with Crippen LogP contribution < -0.4 is 14.9 Å². The highest BCUT2D eigenvalue weighted by molar-refractivity contribution is 5.80. The molecule has 1 N–H and O–H groups in total. The van der Waals surface area contributed by atoms with Gasteiger partial charge in [0.15, 0.2) is 0 Å². The summed E-state index contributed by atoms with van der Waals surface area (Å²) in [5.41, 5.74) is 6.94. The smallest absolute Gasteiger partial charge is 0.269 e. The molecule has 0 fully saturated rings. The van der Waals surface area contributed by atoms with Crippen LogP contribution in [0.2, 0.25) is 0 Å². The molecule has 0 aliphatic carbocycles. The summed E-state index contributed by atoms with van der Waals surface area (Å²) in [6.45, 7) is 5.33. The monoisotopic (exact) mass is 419 g/mol. The SMILES string of the molecule is Cc1ccc(OCCCOc2ccc(C=NNc3ccc([N+](=O)[O-])cc3)cc2)cc1C. The first-order valence-electron chi connectivity index (χ1n) is 9.98. The highest BCUT2D eigenvalue weighted by Gasteiger charge is 2.03. The number of hydrazone groups is 1. The lowest BCUT2D eigenvalue weighted by atomic mass is 10.1. The Balaban J connectivity index is 1.37. The number of nitrogens with one attached hydrogen (secondary N) is 1. The Hall–Kier alpha value is -3.87. The van der Waals surface area contributed by atoms with Crippen molar-refractivity contribution in [3.63, 3.8) is 0 Å². The third-order valence-electron chi connectivity index (χ3n) is 4.67. The van der Waals surface area contributed by atoms with E-state index < -0.39 is 4.92 Å². The van der Waals surface area contributed by atoms with Crippen molar-refractivity contribution in [3.8, 4) is 11.5 Å². The lowest BCUT2D eigenvalue weighted by Gasteiger charge is -2.09. The molecule has 0 bridgehead atoms. The molecule has 0 aliphatic heterocycles. The van der Waals surface area contributed by atoms with E-state index in [2.05, 4.69) is 30.4 Å². The van der Waals surface area contributed by atoms with E-state index in [1.54, 1.807) is 18.3 Å². The molecule has 0 spiro atoms. The number of ether oxygens (including phenoxy) is 2. The van der Waals surface area contributed by atoms with Gasteiger partial charge in [-0.15, -0.1) is 0 Å². The second-order valence-corrected chi connectivity index (χ2v) is 7.04. The predicted octanol–water partition coefficient (Wildman–Crippen LogP) is 5.51. The van der Waals surface area contributed by atoms with Crippen molar-refractivity contribution in [2.45, 2.75) is 20.3 Å². The number of hydrogen-bond acceptors (Lipinski definition) is 6. The molecule has 0 heterocycles. The summed E-state index contributed by atoms with van der Waals surface area (Å²) in [6.07, 6.45) is 2.46. The first kappa shape index (κ1) is 21.8. The van der Waals surface area contributed by atoms with Crippen LogP contribution in [0, 0.1) is 24.0 Å². The molecule has 3 rings (SSSR count). The van der Waals surface area contributed by atoms with Gasteiger partial charge in [-0.3, -0.25) is 15.5 Å². The van der Waals surface area contributed by atoms with Gasteiger partial charge in [-0.05, 0) is 79.1 Å². The first-order valence-corrected chi connectivity index (χ1v) is 9.98. The molecule has 0 saturated carbocycles. The van der Waals surface area contributed by atoms with Crippen LogP contribution in [0.1, 0.15) is 23.1 Å². The summed E-state index contributed by atoms with van der Waals surface area (Å²) in [7, 11) is 0. The molecular formula is C24H25N3O4. The second-order valence-electron chi connectivity index (χ2n) is 7.04. The number of nitrogens with zero attached hydrogens (tertiary/aromatic N) is 2. The van der Waals surface area contributed by atoms with Gasteiger partial charge in [0.05, 0.1) is 30.0 Å². The number of anilines is 1. The summed E-state index contributed by atoms with van der Waals surface area (Å²) in [5.74, 6) is 1.67. The van der Waals surface area contributed by atoms with Crippen molar-refractivity contribution >= 4 is 17.6 Å². The zero-order valence-corrected chi connectivity index (χ0v) is 17.6. The van der Waals surface area contributed by atoms with Crippen LogP contribution >= 0.6 is 0 Å². The van der Waals surface area contributed by atoms with Crippen LogP contribution in [0.5, 0.6) is 11.5 Å². The van der Waals surface area contributed by atoms with E-state index in [1.165, 1.54) is 23.3 Å². The maximum atomic E-state index is 10.7. The molecule has 0 unspecified atom stereocenters. The maximum absolute atomic E-state index is 10.7. The molecule has 31 heavy (non-hydrogen) atoms. The van der Waals surface area contributed by atoms with E-state index >= 15 is 0 Å². The number of rotatable bonds is 10. The summed E-state index contributed by atoms with van der Waals surface area (Å²) < 4.78 is 11.5. The molecule has 0 amide bonds. The normalized spacial score (nSPS) is 10.8. The van der Waals surface area contributed by atoms with Gasteiger partial charge in [0, 0.05) is 18.6 Å². The van der Waals surface area contributed by atoms with Crippen LogP contribution in [0.4, 0.5) is 11.4 Å². The van der Waals surface area contributed by atoms with Crippen LogP contribution in [-0.2, 0) is 0 Å². The number of benzene rings is 3. The summed E-state index contributed by atoms with van der Waals surface area (Å²) >= 11 is 0. The van der Waals surface area contributed by atoms with Gasteiger partial charge < -0.3 is 9.47 Å². The van der Waals surface area contributed by atoms with E-state index in [1.807, 2.05) is 36.4 Å². The zero-order valence-electron chi connectivity index (χ0n) is 17.6. The Morgan fingerprint density at radius 2 is 1.55 bits per heavy atom. The fraction of sp³-hybridized carbons (Fsp3) is 0.208. The minimum Gasteiger partial charge on any atom is -0.493 e. The average Bonchev–Trinajstić information content (AvgIpc) is 2.77. The van der Waals surface area contributed by atoms with E-state index in [9.17, 15) is 10.1 Å². The first-order chi connectivity index (χ1) is 15.0. The molecule has 0 saturated heterocycles. The summed E-state index contributed by atoms with van der Waals surface area (Å²) in [5, 5.41) is 14.8. The molecule has 3 aromatic carbocycles. The fourth-order valence-electron chi connectivity index (χ4n) is 2.73. The van der Waals surface area contributed by atoms with E-state index in [4.69, 9.17) is 9.47 Å². The molecule has 0 atom stereocenters. The van der Waals surface area contributed by atoms with Gasteiger partial charge >= 0.3 is 0 Å². The lowest BCUT2D eigenvalue weighted by molar-refractivity contribution is -0.384. The quantitative estimate of drug-likeness (QED) is 0.203. The van der Waals surface area contributed by atoms with Crippen molar-refractivity contribution in [1.82, 2.24) is 0 Å². The van der Waals surface area contributed by atoms with Gasteiger partial charge in [-0.1, -0.05) is 6.07 Å². The minimum absolute atomic E-state index is 0.0435. The van der Waals surface area contributed by atoms with Crippen LogP contribution in [0.3, 0.4) is 0 Å². The topological polar surface area (TPSA) is 86.0 Å². The Bertz CT molecular complexity index is 1030. The predicted molar refractivity (Wildman–Crippen MR) is 122 cm³/mol. The highest BCUT2D eigenvalue weighted by atomic mass is 16.6. The summed E-state index contributed by atoms with van der Waals surface area (Å²) in [4.78, 5) is 10.2. The second kappa shape index (κ2) is 10.8. The Morgan fingerprint density at radius 3 is 2.19 bits per heavy atom. The minimum atomic E-state index is -0.436. The van der Waals surface area contributed by atoms with Crippen LogP contribution in [0.15, 0.2) is 71.8 Å². The molecule has 0 aromatic heterocycles. The van der Waals surface area contributed by atoms with Crippen molar-refractivity contribution in [1.29, 1.82) is 0 Å². The van der Waals surface area contributed by atoms with E-state index in [0.717, 1.165) is 23.5 Å². The molecule has 7 nitrogen and oxygen atoms in total. The van der Waals surface area contributed by atoms with Gasteiger partial charge in [0.25, 0.3) is 5.69 Å². The third kappa shape index (κ3) is 6.85. The van der Waals surface area contributed by atoms with Crippen molar-refractivity contribution in [2.75, 3.05) is 18.6 Å². The standard InChI is InChI=1S/C24H25N3O4/c1-18-4-11-24(16-19(18)2)31-15-3-14-30-23-12-5-20(6-13-23)17-25-26-21-7-9-22(10-8-21)27(28)29/h4-13,16-17,26H,3,14-15H2,1-2H3. The Kier molecular flexibility index (Phi) is 7.59. The van der Waals surface area contributed by atoms with E-state index in [0.29, 0.717) is 18.9 Å². The zero-order chi connectivity index (χ0) is 22.1. The van der Waals surface area contributed by atoms with Gasteiger partial charge in [-0.25, -0.2) is 0 Å². The van der Waals surface area contributed by atoms with E-state index in [-0.39, 0.29) is 5.69 Å². The van der Waals surface area contributed by atoms with Crippen molar-refractivity contribution in [2.24, 2.45) is 5.10 Å². The number of non-ortho nitro benzene ring substituents is 1. The number of aryl methyl sites for hydroxylation is 2. The number of nitro groups is 1. The number of hydrogen-bond donors (Lipinski definition) is 1. The molecule has 7 heteroatoms. The molecule has 3 aromatic rings. The number of nitro benzene ring substituents is 1. The van der Waals surface area contributed by atoms with Gasteiger partial charge in [0.1, 0.15) is 11.5 Å². The van der Waals surface area contributed by atoms with Crippen LogP contribution in [0.25, 0.3) is 0 Å².